The Hall–Kier alpha value is -2.00. The molecule has 0 amide bonds. The zero-order valence-corrected chi connectivity index (χ0v) is 12.9. The predicted molar refractivity (Wildman–Crippen MR) is 86.1 cm³/mol. The third-order valence-electron chi connectivity index (χ3n) is 3.39. The number of ether oxygens (including phenoxy) is 2. The zero-order chi connectivity index (χ0) is 15.2. The van der Waals surface area contributed by atoms with Gasteiger partial charge in [0.05, 0.1) is 12.7 Å². The molecule has 0 saturated heterocycles. The van der Waals surface area contributed by atoms with E-state index in [9.17, 15) is 0 Å². The lowest BCUT2D eigenvalue weighted by molar-refractivity contribution is 0.397. The van der Waals surface area contributed by atoms with Crippen molar-refractivity contribution in [1.29, 1.82) is 0 Å². The molecule has 0 saturated carbocycles. The molecule has 0 aromatic heterocycles. The second-order valence-corrected chi connectivity index (χ2v) is 5.16. The molecule has 3 heteroatoms. The number of aryl methyl sites for hydroxylation is 1. The first kappa shape index (κ1) is 15.4. The molecule has 112 valence electrons. The highest BCUT2D eigenvalue weighted by molar-refractivity contribution is 5.48. The van der Waals surface area contributed by atoms with Gasteiger partial charge in [-0.05, 0) is 43.2 Å². The molecule has 0 bridgehead atoms. The number of hydrogen-bond donors (Lipinski definition) is 1. The van der Waals surface area contributed by atoms with Crippen LogP contribution in [0.1, 0.15) is 37.4 Å². The standard InChI is InChI=1S/C18H23NO2/c1-4-6-14-9-11-15(12-10-14)21-17-8-5-7-16(20-3)18(17)13(2)19/h5,7-13H,4,6,19H2,1-3H3. The molecular weight excluding hydrogens is 262 g/mol. The molecular formula is C18H23NO2. The Labute approximate surface area is 126 Å². The Bertz CT molecular complexity index is 576. The summed E-state index contributed by atoms with van der Waals surface area (Å²) in [7, 11) is 1.64. The molecule has 1 atom stereocenters. The van der Waals surface area contributed by atoms with Gasteiger partial charge in [-0.1, -0.05) is 31.5 Å². The van der Waals surface area contributed by atoms with Crippen molar-refractivity contribution in [2.24, 2.45) is 5.73 Å². The average Bonchev–Trinajstić information content (AvgIpc) is 2.49. The SMILES string of the molecule is CCCc1ccc(Oc2cccc(OC)c2C(C)N)cc1. The summed E-state index contributed by atoms with van der Waals surface area (Å²) < 4.78 is 11.4. The van der Waals surface area contributed by atoms with Crippen LogP contribution in [-0.2, 0) is 6.42 Å². The van der Waals surface area contributed by atoms with E-state index in [4.69, 9.17) is 15.2 Å². The van der Waals surface area contributed by atoms with Gasteiger partial charge in [-0.2, -0.15) is 0 Å². The Morgan fingerprint density at radius 1 is 1.05 bits per heavy atom. The van der Waals surface area contributed by atoms with E-state index in [1.54, 1.807) is 7.11 Å². The summed E-state index contributed by atoms with van der Waals surface area (Å²) in [5.74, 6) is 2.31. The Kier molecular flexibility index (Phi) is 5.23. The van der Waals surface area contributed by atoms with Crippen molar-refractivity contribution in [3.63, 3.8) is 0 Å². The van der Waals surface area contributed by atoms with Gasteiger partial charge in [-0.15, -0.1) is 0 Å². The van der Waals surface area contributed by atoms with Crippen LogP contribution in [0.2, 0.25) is 0 Å². The molecule has 3 nitrogen and oxygen atoms in total. The van der Waals surface area contributed by atoms with Gasteiger partial charge in [0.25, 0.3) is 0 Å². The highest BCUT2D eigenvalue weighted by atomic mass is 16.5. The smallest absolute Gasteiger partial charge is 0.135 e. The highest BCUT2D eigenvalue weighted by Gasteiger charge is 2.14. The van der Waals surface area contributed by atoms with E-state index in [0.29, 0.717) is 0 Å². The Balaban J connectivity index is 2.26. The van der Waals surface area contributed by atoms with Crippen LogP contribution in [0.25, 0.3) is 0 Å². The minimum absolute atomic E-state index is 0.157. The van der Waals surface area contributed by atoms with Gasteiger partial charge in [-0.25, -0.2) is 0 Å². The lowest BCUT2D eigenvalue weighted by Crippen LogP contribution is -2.08. The van der Waals surface area contributed by atoms with E-state index >= 15 is 0 Å². The maximum absolute atomic E-state index is 6.05. The van der Waals surface area contributed by atoms with Gasteiger partial charge >= 0.3 is 0 Å². The van der Waals surface area contributed by atoms with Crippen LogP contribution in [0.4, 0.5) is 0 Å². The first-order valence-electron chi connectivity index (χ1n) is 7.35. The fourth-order valence-corrected chi connectivity index (χ4v) is 2.38. The van der Waals surface area contributed by atoms with Gasteiger partial charge in [0.1, 0.15) is 17.2 Å². The summed E-state index contributed by atoms with van der Waals surface area (Å²) in [5, 5.41) is 0. The maximum Gasteiger partial charge on any atom is 0.135 e. The second kappa shape index (κ2) is 7.14. The van der Waals surface area contributed by atoms with Crippen LogP contribution in [0, 0.1) is 0 Å². The molecule has 0 spiro atoms. The molecule has 0 aliphatic rings. The van der Waals surface area contributed by atoms with Crippen molar-refractivity contribution in [2.45, 2.75) is 32.7 Å². The molecule has 2 N–H and O–H groups in total. The van der Waals surface area contributed by atoms with Crippen molar-refractivity contribution in [3.8, 4) is 17.2 Å². The zero-order valence-electron chi connectivity index (χ0n) is 12.9. The molecule has 0 aliphatic heterocycles. The van der Waals surface area contributed by atoms with E-state index in [1.807, 2.05) is 37.3 Å². The van der Waals surface area contributed by atoms with Gasteiger partial charge < -0.3 is 15.2 Å². The van der Waals surface area contributed by atoms with Crippen molar-refractivity contribution in [3.05, 3.63) is 53.6 Å². The number of benzene rings is 2. The maximum atomic E-state index is 6.05. The molecule has 0 aliphatic carbocycles. The van der Waals surface area contributed by atoms with E-state index in [1.165, 1.54) is 5.56 Å². The molecule has 2 rings (SSSR count). The first-order valence-corrected chi connectivity index (χ1v) is 7.35. The highest BCUT2D eigenvalue weighted by Crippen LogP contribution is 2.35. The van der Waals surface area contributed by atoms with Crippen LogP contribution in [0.5, 0.6) is 17.2 Å². The summed E-state index contributed by atoms with van der Waals surface area (Å²) in [6, 6.07) is 13.8. The van der Waals surface area contributed by atoms with E-state index in [0.717, 1.165) is 35.7 Å². The minimum Gasteiger partial charge on any atom is -0.496 e. The number of hydrogen-bond acceptors (Lipinski definition) is 3. The van der Waals surface area contributed by atoms with Crippen molar-refractivity contribution < 1.29 is 9.47 Å². The quantitative estimate of drug-likeness (QED) is 0.852. The fraction of sp³-hybridized carbons (Fsp3) is 0.333. The molecule has 0 radical (unpaired) electrons. The summed E-state index contributed by atoms with van der Waals surface area (Å²) in [6.45, 7) is 4.10. The van der Waals surface area contributed by atoms with Crippen molar-refractivity contribution in [1.82, 2.24) is 0 Å². The van der Waals surface area contributed by atoms with Crippen molar-refractivity contribution in [2.75, 3.05) is 7.11 Å². The molecule has 1 unspecified atom stereocenters. The van der Waals surface area contributed by atoms with Crippen LogP contribution in [0.3, 0.4) is 0 Å². The molecule has 0 heterocycles. The first-order chi connectivity index (χ1) is 10.2. The summed E-state index contributed by atoms with van der Waals surface area (Å²) in [5.41, 5.74) is 8.26. The largest absolute Gasteiger partial charge is 0.496 e. The van der Waals surface area contributed by atoms with Crippen LogP contribution in [-0.4, -0.2) is 7.11 Å². The van der Waals surface area contributed by atoms with Gasteiger partial charge in [0, 0.05) is 6.04 Å². The van der Waals surface area contributed by atoms with E-state index < -0.39 is 0 Å². The van der Waals surface area contributed by atoms with Gasteiger partial charge in [0.2, 0.25) is 0 Å². The van der Waals surface area contributed by atoms with Gasteiger partial charge in [-0.3, -0.25) is 0 Å². The summed E-state index contributed by atoms with van der Waals surface area (Å²) in [6.07, 6.45) is 2.23. The van der Waals surface area contributed by atoms with Gasteiger partial charge in [0.15, 0.2) is 0 Å². The normalized spacial score (nSPS) is 12.0. The Morgan fingerprint density at radius 3 is 2.29 bits per heavy atom. The molecule has 2 aromatic carbocycles. The van der Waals surface area contributed by atoms with Crippen molar-refractivity contribution >= 4 is 0 Å². The predicted octanol–water partition coefficient (Wildman–Crippen LogP) is 4.46. The fourth-order valence-electron chi connectivity index (χ4n) is 2.38. The number of nitrogens with two attached hydrogens (primary N) is 1. The third kappa shape index (κ3) is 3.76. The van der Waals surface area contributed by atoms with Crippen LogP contribution < -0.4 is 15.2 Å². The van der Waals surface area contributed by atoms with E-state index in [-0.39, 0.29) is 6.04 Å². The minimum atomic E-state index is -0.157. The third-order valence-corrected chi connectivity index (χ3v) is 3.39. The monoisotopic (exact) mass is 285 g/mol. The summed E-state index contributed by atoms with van der Waals surface area (Å²) >= 11 is 0. The van der Waals surface area contributed by atoms with E-state index in [2.05, 4.69) is 19.1 Å². The second-order valence-electron chi connectivity index (χ2n) is 5.16. The van der Waals surface area contributed by atoms with Crippen LogP contribution in [0.15, 0.2) is 42.5 Å². The lowest BCUT2D eigenvalue weighted by Gasteiger charge is -2.17. The molecule has 21 heavy (non-hydrogen) atoms. The average molecular weight is 285 g/mol. The van der Waals surface area contributed by atoms with Crippen LogP contribution >= 0.6 is 0 Å². The number of rotatable bonds is 6. The summed E-state index contributed by atoms with van der Waals surface area (Å²) in [4.78, 5) is 0. The molecule has 2 aromatic rings. The topological polar surface area (TPSA) is 44.5 Å². The lowest BCUT2D eigenvalue weighted by atomic mass is 10.1. The number of methoxy groups -OCH3 is 1. The molecule has 0 fully saturated rings. The Morgan fingerprint density at radius 2 is 1.71 bits per heavy atom.